The third-order valence-electron chi connectivity index (χ3n) is 3.28. The van der Waals surface area contributed by atoms with E-state index in [1.807, 2.05) is 14.1 Å². The largest absolute Gasteiger partial charge is 0.451 e. The van der Waals surface area contributed by atoms with Gasteiger partial charge in [-0.2, -0.15) is 0 Å². The molecule has 1 N–H and O–H groups in total. The SMILES string of the molecule is CN(C)[C@H]1CCC[C@@H]1NS(=O)(=O)c1occc1Br. The highest BCUT2D eigenvalue weighted by Crippen LogP contribution is 2.27. The van der Waals surface area contributed by atoms with Crippen molar-refractivity contribution in [2.24, 2.45) is 0 Å². The highest BCUT2D eigenvalue weighted by atomic mass is 79.9. The Bertz CT molecular complexity index is 512. The minimum Gasteiger partial charge on any atom is -0.451 e. The van der Waals surface area contributed by atoms with Gasteiger partial charge in [-0.3, -0.25) is 0 Å². The molecule has 102 valence electrons. The Balaban J connectivity index is 2.16. The van der Waals surface area contributed by atoms with Gasteiger partial charge in [0.2, 0.25) is 5.09 Å². The lowest BCUT2D eigenvalue weighted by Gasteiger charge is -2.26. The summed E-state index contributed by atoms with van der Waals surface area (Å²) >= 11 is 3.17. The molecule has 1 aliphatic rings. The molecular formula is C11H17BrN2O3S. The first-order valence-corrected chi connectivity index (χ1v) is 8.11. The third kappa shape index (κ3) is 2.79. The number of nitrogens with one attached hydrogen (secondary N) is 1. The van der Waals surface area contributed by atoms with Crippen LogP contribution in [0.1, 0.15) is 19.3 Å². The van der Waals surface area contributed by atoms with E-state index in [9.17, 15) is 8.42 Å². The molecule has 1 heterocycles. The van der Waals surface area contributed by atoms with Crippen LogP contribution in [0.3, 0.4) is 0 Å². The van der Waals surface area contributed by atoms with Crippen LogP contribution in [0.5, 0.6) is 0 Å². The lowest BCUT2D eigenvalue weighted by Crippen LogP contribution is -2.45. The first kappa shape index (κ1) is 14.0. The third-order valence-corrected chi connectivity index (χ3v) is 5.58. The van der Waals surface area contributed by atoms with Crippen molar-refractivity contribution in [3.63, 3.8) is 0 Å². The van der Waals surface area contributed by atoms with Crippen LogP contribution in [0.2, 0.25) is 0 Å². The summed E-state index contributed by atoms with van der Waals surface area (Å²) in [7, 11) is 0.357. The Hall–Kier alpha value is -0.370. The van der Waals surface area contributed by atoms with Crippen molar-refractivity contribution < 1.29 is 12.8 Å². The molecule has 1 aromatic heterocycles. The van der Waals surface area contributed by atoms with Gasteiger partial charge < -0.3 is 9.32 Å². The molecule has 1 aliphatic carbocycles. The molecule has 2 rings (SSSR count). The summed E-state index contributed by atoms with van der Waals surface area (Å²) in [5.41, 5.74) is 0. The molecule has 0 saturated heterocycles. The van der Waals surface area contributed by atoms with E-state index in [-0.39, 0.29) is 17.2 Å². The summed E-state index contributed by atoms with van der Waals surface area (Å²) in [6, 6.07) is 1.77. The van der Waals surface area contributed by atoms with Crippen LogP contribution in [0.4, 0.5) is 0 Å². The van der Waals surface area contributed by atoms with E-state index in [0.717, 1.165) is 19.3 Å². The topological polar surface area (TPSA) is 62.6 Å². The molecule has 0 radical (unpaired) electrons. The maximum absolute atomic E-state index is 12.2. The van der Waals surface area contributed by atoms with Gasteiger partial charge in [0.1, 0.15) is 0 Å². The normalized spacial score (nSPS) is 24.9. The number of hydrogen-bond acceptors (Lipinski definition) is 4. The minimum atomic E-state index is -3.59. The smallest absolute Gasteiger partial charge is 0.275 e. The van der Waals surface area contributed by atoms with Crippen LogP contribution in [-0.2, 0) is 10.0 Å². The predicted molar refractivity (Wildman–Crippen MR) is 71.8 cm³/mol. The Kier molecular flexibility index (Phi) is 4.15. The van der Waals surface area contributed by atoms with Gasteiger partial charge in [0.15, 0.2) is 0 Å². The number of furan rings is 1. The standard InChI is InChI=1S/C11H17BrN2O3S/c1-14(2)10-5-3-4-9(10)13-18(15,16)11-8(12)6-7-17-11/h6-7,9-10,13H,3-5H2,1-2H3/t9-,10-/m0/s1. The second-order valence-electron chi connectivity index (χ2n) is 4.75. The van der Waals surface area contributed by atoms with E-state index in [0.29, 0.717) is 4.47 Å². The Morgan fingerprint density at radius 1 is 1.44 bits per heavy atom. The van der Waals surface area contributed by atoms with Gasteiger partial charge in [0.25, 0.3) is 10.0 Å². The molecule has 1 saturated carbocycles. The number of halogens is 1. The molecule has 0 aliphatic heterocycles. The molecule has 0 unspecified atom stereocenters. The van der Waals surface area contributed by atoms with Crippen molar-refractivity contribution in [3.8, 4) is 0 Å². The summed E-state index contributed by atoms with van der Waals surface area (Å²) in [5.74, 6) is 0. The molecule has 5 nitrogen and oxygen atoms in total. The Morgan fingerprint density at radius 2 is 2.17 bits per heavy atom. The molecule has 0 spiro atoms. The number of sulfonamides is 1. The van der Waals surface area contributed by atoms with Crippen LogP contribution in [0.25, 0.3) is 0 Å². The molecule has 0 bridgehead atoms. The number of nitrogens with zero attached hydrogens (tertiary/aromatic N) is 1. The summed E-state index contributed by atoms with van der Waals surface area (Å²) in [6.45, 7) is 0. The zero-order valence-electron chi connectivity index (χ0n) is 10.4. The Labute approximate surface area is 116 Å². The van der Waals surface area contributed by atoms with Gasteiger partial charge in [-0.15, -0.1) is 0 Å². The van der Waals surface area contributed by atoms with Gasteiger partial charge in [-0.05, 0) is 48.9 Å². The van der Waals surface area contributed by atoms with E-state index in [1.165, 1.54) is 6.26 Å². The lowest BCUT2D eigenvalue weighted by molar-refractivity contribution is 0.267. The number of hydrogen-bond donors (Lipinski definition) is 1. The van der Waals surface area contributed by atoms with Gasteiger partial charge in [0.05, 0.1) is 10.7 Å². The monoisotopic (exact) mass is 336 g/mol. The van der Waals surface area contributed by atoms with Crippen molar-refractivity contribution >= 4 is 26.0 Å². The summed E-state index contributed by atoms with van der Waals surface area (Å²) < 4.78 is 32.6. The van der Waals surface area contributed by atoms with Crippen molar-refractivity contribution in [1.29, 1.82) is 0 Å². The molecule has 1 fully saturated rings. The molecule has 1 aromatic rings. The first-order valence-electron chi connectivity index (χ1n) is 5.83. The van der Waals surface area contributed by atoms with Gasteiger partial charge in [-0.1, -0.05) is 6.42 Å². The fraction of sp³-hybridized carbons (Fsp3) is 0.636. The average molecular weight is 337 g/mol. The van der Waals surface area contributed by atoms with Gasteiger partial charge >= 0.3 is 0 Å². The average Bonchev–Trinajstić information content (AvgIpc) is 2.86. The Morgan fingerprint density at radius 3 is 2.72 bits per heavy atom. The zero-order chi connectivity index (χ0) is 13.3. The fourth-order valence-electron chi connectivity index (χ4n) is 2.42. The highest BCUT2D eigenvalue weighted by molar-refractivity contribution is 9.10. The van der Waals surface area contributed by atoms with E-state index in [4.69, 9.17) is 4.42 Å². The highest BCUT2D eigenvalue weighted by Gasteiger charge is 2.34. The molecule has 2 atom stereocenters. The van der Waals surface area contributed by atoms with Crippen molar-refractivity contribution in [1.82, 2.24) is 9.62 Å². The molecule has 7 heteroatoms. The van der Waals surface area contributed by atoms with Crippen LogP contribution in [0, 0.1) is 0 Å². The molecule has 0 aromatic carbocycles. The maximum Gasteiger partial charge on any atom is 0.275 e. The van der Waals surface area contributed by atoms with Crippen LogP contribution in [-0.4, -0.2) is 39.5 Å². The quantitative estimate of drug-likeness (QED) is 0.910. The number of likely N-dealkylation sites (N-methyl/N-ethyl adjacent to an activating group) is 1. The number of rotatable bonds is 4. The van der Waals surface area contributed by atoms with Crippen molar-refractivity contribution in [3.05, 3.63) is 16.8 Å². The van der Waals surface area contributed by atoms with Crippen LogP contribution in [0.15, 0.2) is 26.3 Å². The fourth-order valence-corrected chi connectivity index (χ4v) is 4.55. The van der Waals surface area contributed by atoms with E-state index in [2.05, 4.69) is 25.6 Å². The molecule has 18 heavy (non-hydrogen) atoms. The summed E-state index contributed by atoms with van der Waals surface area (Å²) in [6.07, 6.45) is 4.27. The second kappa shape index (κ2) is 5.32. The lowest BCUT2D eigenvalue weighted by atomic mass is 10.2. The second-order valence-corrected chi connectivity index (χ2v) is 7.21. The zero-order valence-corrected chi connectivity index (χ0v) is 12.8. The van der Waals surface area contributed by atoms with Gasteiger partial charge in [-0.25, -0.2) is 13.1 Å². The summed E-state index contributed by atoms with van der Waals surface area (Å²) in [5, 5.41) is -0.0492. The molecular weight excluding hydrogens is 320 g/mol. The van der Waals surface area contributed by atoms with Crippen LogP contribution >= 0.6 is 15.9 Å². The van der Waals surface area contributed by atoms with Gasteiger partial charge in [0, 0.05) is 12.1 Å². The maximum atomic E-state index is 12.2. The van der Waals surface area contributed by atoms with E-state index in [1.54, 1.807) is 6.07 Å². The van der Waals surface area contributed by atoms with E-state index >= 15 is 0 Å². The first-order chi connectivity index (χ1) is 8.42. The minimum absolute atomic E-state index is 0.0492. The van der Waals surface area contributed by atoms with Crippen molar-refractivity contribution in [2.45, 2.75) is 36.4 Å². The summed E-state index contributed by atoms with van der Waals surface area (Å²) in [4.78, 5) is 2.07. The predicted octanol–water partition coefficient (Wildman–Crippen LogP) is 1.80. The molecule has 0 amide bonds. The van der Waals surface area contributed by atoms with E-state index < -0.39 is 10.0 Å². The van der Waals surface area contributed by atoms with Crippen molar-refractivity contribution in [2.75, 3.05) is 14.1 Å². The van der Waals surface area contributed by atoms with Crippen LogP contribution < -0.4 is 4.72 Å².